The Balaban J connectivity index is 2.25. The molecule has 3 N–H and O–H groups in total. The number of benzene rings is 2. The molecule has 0 heterocycles. The number of rotatable bonds is 3. The van der Waals surface area contributed by atoms with E-state index >= 15 is 0 Å². The lowest BCUT2D eigenvalue weighted by molar-refractivity contribution is 0.281. The number of hydrogen-bond donors (Lipinski definition) is 2. The summed E-state index contributed by atoms with van der Waals surface area (Å²) < 4.78 is 5.74. The van der Waals surface area contributed by atoms with E-state index in [1.54, 1.807) is 0 Å². The molecule has 0 saturated heterocycles. The molecule has 0 saturated carbocycles. The van der Waals surface area contributed by atoms with Gasteiger partial charge < -0.3 is 15.6 Å². The van der Waals surface area contributed by atoms with Crippen molar-refractivity contribution in [2.75, 3.05) is 5.73 Å². The molecule has 2 aromatic carbocycles. The molecule has 0 aliphatic heterocycles. The predicted octanol–water partition coefficient (Wildman–Crippen LogP) is 3.17. The molecule has 2 rings (SSSR count). The van der Waals surface area contributed by atoms with Crippen LogP contribution in [0.25, 0.3) is 0 Å². The Morgan fingerprint density at radius 3 is 2.28 bits per heavy atom. The molecule has 3 heteroatoms. The van der Waals surface area contributed by atoms with Gasteiger partial charge in [0.2, 0.25) is 0 Å². The smallest absolute Gasteiger partial charge is 0.150 e. The van der Waals surface area contributed by atoms with E-state index in [1.807, 2.05) is 50.2 Å². The summed E-state index contributed by atoms with van der Waals surface area (Å²) in [4.78, 5) is 0. The van der Waals surface area contributed by atoms with E-state index in [1.165, 1.54) is 0 Å². The van der Waals surface area contributed by atoms with Crippen molar-refractivity contribution in [3.8, 4) is 11.5 Å². The van der Waals surface area contributed by atoms with Crippen molar-refractivity contribution in [3.63, 3.8) is 0 Å². The number of nitrogens with two attached hydrogens (primary N) is 1. The van der Waals surface area contributed by atoms with Gasteiger partial charge in [0, 0.05) is 0 Å². The highest BCUT2D eigenvalue weighted by atomic mass is 16.5. The van der Waals surface area contributed by atoms with E-state index in [0.29, 0.717) is 17.2 Å². The van der Waals surface area contributed by atoms with E-state index in [0.717, 1.165) is 16.7 Å². The minimum atomic E-state index is 0.0338. The maximum absolute atomic E-state index is 8.97. The Kier molecular flexibility index (Phi) is 3.53. The first-order chi connectivity index (χ1) is 8.60. The molecule has 0 aromatic heterocycles. The molecule has 0 aliphatic rings. The summed E-state index contributed by atoms with van der Waals surface area (Å²) >= 11 is 0. The second kappa shape index (κ2) is 5.10. The van der Waals surface area contributed by atoms with Crippen molar-refractivity contribution in [3.05, 3.63) is 53.1 Å². The Morgan fingerprint density at radius 1 is 1.06 bits per heavy atom. The van der Waals surface area contributed by atoms with Gasteiger partial charge in [0.25, 0.3) is 0 Å². The Labute approximate surface area is 107 Å². The first kappa shape index (κ1) is 12.5. The predicted molar refractivity (Wildman–Crippen MR) is 72.8 cm³/mol. The third-order valence-electron chi connectivity index (χ3n) is 2.96. The van der Waals surface area contributed by atoms with Crippen LogP contribution in [-0.4, -0.2) is 5.11 Å². The summed E-state index contributed by atoms with van der Waals surface area (Å²) in [5.41, 5.74) is 9.71. The highest BCUT2D eigenvalue weighted by molar-refractivity contribution is 5.57. The minimum absolute atomic E-state index is 0.0338. The molecule has 18 heavy (non-hydrogen) atoms. The molecule has 0 amide bonds. The molecule has 0 radical (unpaired) electrons. The van der Waals surface area contributed by atoms with Crippen molar-refractivity contribution < 1.29 is 9.84 Å². The van der Waals surface area contributed by atoms with Crippen LogP contribution in [-0.2, 0) is 6.61 Å². The SMILES string of the molecule is Cc1cc(N)c(Oc2ccc(CO)cc2)cc1C. The molecule has 0 spiro atoms. The largest absolute Gasteiger partial charge is 0.455 e. The van der Waals surface area contributed by atoms with Crippen LogP contribution < -0.4 is 10.5 Å². The van der Waals surface area contributed by atoms with E-state index in [2.05, 4.69) is 0 Å². The number of aliphatic hydroxyl groups is 1. The van der Waals surface area contributed by atoms with E-state index in [-0.39, 0.29) is 6.61 Å². The van der Waals surface area contributed by atoms with Gasteiger partial charge in [0.15, 0.2) is 5.75 Å². The number of hydrogen-bond acceptors (Lipinski definition) is 3. The minimum Gasteiger partial charge on any atom is -0.455 e. The molecule has 0 unspecified atom stereocenters. The van der Waals surface area contributed by atoms with Crippen LogP contribution in [0.15, 0.2) is 36.4 Å². The summed E-state index contributed by atoms with van der Waals surface area (Å²) in [5, 5.41) is 8.97. The van der Waals surface area contributed by atoms with Crippen LogP contribution >= 0.6 is 0 Å². The van der Waals surface area contributed by atoms with E-state index < -0.39 is 0 Å². The number of aliphatic hydroxyl groups excluding tert-OH is 1. The van der Waals surface area contributed by atoms with Crippen molar-refractivity contribution in [2.45, 2.75) is 20.5 Å². The van der Waals surface area contributed by atoms with Crippen LogP contribution in [0, 0.1) is 13.8 Å². The highest BCUT2D eigenvalue weighted by Crippen LogP contribution is 2.30. The molecule has 0 fully saturated rings. The second-order valence-electron chi connectivity index (χ2n) is 4.38. The van der Waals surface area contributed by atoms with E-state index in [4.69, 9.17) is 15.6 Å². The lowest BCUT2D eigenvalue weighted by Crippen LogP contribution is -1.95. The normalized spacial score (nSPS) is 10.4. The highest BCUT2D eigenvalue weighted by Gasteiger charge is 2.05. The number of aryl methyl sites for hydroxylation is 2. The third-order valence-corrected chi connectivity index (χ3v) is 2.96. The Hall–Kier alpha value is -2.00. The van der Waals surface area contributed by atoms with Crippen molar-refractivity contribution in [1.82, 2.24) is 0 Å². The maximum atomic E-state index is 8.97. The van der Waals surface area contributed by atoms with Gasteiger partial charge in [-0.3, -0.25) is 0 Å². The zero-order valence-electron chi connectivity index (χ0n) is 10.6. The number of anilines is 1. The molecule has 3 nitrogen and oxygen atoms in total. The summed E-state index contributed by atoms with van der Waals surface area (Å²) in [5.74, 6) is 1.37. The average molecular weight is 243 g/mol. The molecule has 2 aromatic rings. The molecular weight excluding hydrogens is 226 g/mol. The van der Waals surface area contributed by atoms with Gasteiger partial charge in [-0.25, -0.2) is 0 Å². The molecule has 0 aliphatic carbocycles. The summed E-state index contributed by atoms with van der Waals surface area (Å²) in [6.45, 7) is 4.08. The van der Waals surface area contributed by atoms with Gasteiger partial charge in [-0.1, -0.05) is 12.1 Å². The third kappa shape index (κ3) is 2.63. The second-order valence-corrected chi connectivity index (χ2v) is 4.38. The fourth-order valence-corrected chi connectivity index (χ4v) is 1.69. The van der Waals surface area contributed by atoms with Crippen LogP contribution in [0.1, 0.15) is 16.7 Å². The number of ether oxygens (including phenoxy) is 1. The molecular formula is C15H17NO2. The van der Waals surface area contributed by atoms with Crippen molar-refractivity contribution in [1.29, 1.82) is 0 Å². The van der Waals surface area contributed by atoms with Gasteiger partial charge in [-0.05, 0) is 54.8 Å². The fraction of sp³-hybridized carbons (Fsp3) is 0.200. The average Bonchev–Trinajstić information content (AvgIpc) is 2.37. The molecule has 94 valence electrons. The molecule has 0 atom stereocenters. The number of nitrogen functional groups attached to an aromatic ring is 1. The van der Waals surface area contributed by atoms with Gasteiger partial charge >= 0.3 is 0 Å². The fourth-order valence-electron chi connectivity index (χ4n) is 1.69. The van der Waals surface area contributed by atoms with E-state index in [9.17, 15) is 0 Å². The summed E-state index contributed by atoms with van der Waals surface area (Å²) in [7, 11) is 0. The van der Waals surface area contributed by atoms with Gasteiger partial charge in [0.05, 0.1) is 12.3 Å². The first-order valence-corrected chi connectivity index (χ1v) is 5.84. The van der Waals surface area contributed by atoms with Crippen LogP contribution in [0.2, 0.25) is 0 Å². The van der Waals surface area contributed by atoms with Crippen molar-refractivity contribution >= 4 is 5.69 Å². The topological polar surface area (TPSA) is 55.5 Å². The Bertz CT molecular complexity index is 547. The lowest BCUT2D eigenvalue weighted by atomic mass is 10.1. The van der Waals surface area contributed by atoms with Gasteiger partial charge in [-0.2, -0.15) is 0 Å². The zero-order chi connectivity index (χ0) is 13.1. The standard InChI is InChI=1S/C15H17NO2/c1-10-7-14(16)15(8-11(10)2)18-13-5-3-12(9-17)4-6-13/h3-8,17H,9,16H2,1-2H3. The monoisotopic (exact) mass is 243 g/mol. The van der Waals surface area contributed by atoms with Gasteiger partial charge in [-0.15, -0.1) is 0 Å². The molecule has 0 bridgehead atoms. The summed E-state index contributed by atoms with van der Waals surface area (Å²) in [6, 6.07) is 11.1. The van der Waals surface area contributed by atoms with Crippen molar-refractivity contribution in [2.24, 2.45) is 0 Å². The van der Waals surface area contributed by atoms with Crippen LogP contribution in [0.4, 0.5) is 5.69 Å². The van der Waals surface area contributed by atoms with Crippen LogP contribution in [0.3, 0.4) is 0 Å². The first-order valence-electron chi connectivity index (χ1n) is 5.84. The Morgan fingerprint density at radius 2 is 1.67 bits per heavy atom. The lowest BCUT2D eigenvalue weighted by Gasteiger charge is -2.11. The van der Waals surface area contributed by atoms with Gasteiger partial charge in [0.1, 0.15) is 5.75 Å². The summed E-state index contributed by atoms with van der Waals surface area (Å²) in [6.07, 6.45) is 0. The zero-order valence-corrected chi connectivity index (χ0v) is 10.6. The van der Waals surface area contributed by atoms with Crippen LogP contribution in [0.5, 0.6) is 11.5 Å². The maximum Gasteiger partial charge on any atom is 0.150 e. The quantitative estimate of drug-likeness (QED) is 0.814.